The average Bonchev–Trinajstić information content (AvgIpc) is 2.49. The van der Waals surface area contributed by atoms with Crippen molar-refractivity contribution >= 4 is 5.91 Å². The van der Waals surface area contributed by atoms with E-state index in [2.05, 4.69) is 35.9 Å². The van der Waals surface area contributed by atoms with Crippen LogP contribution in [-0.2, 0) is 4.79 Å². The molecule has 0 aliphatic carbocycles. The highest BCUT2D eigenvalue weighted by molar-refractivity contribution is 5.78. The molecule has 0 aromatic rings. The quantitative estimate of drug-likeness (QED) is 0.703. The lowest BCUT2D eigenvalue weighted by Gasteiger charge is -2.39. The Bertz CT molecular complexity index is 421. The normalized spacial score (nSPS) is 22.1. The maximum absolute atomic E-state index is 12.4. The summed E-state index contributed by atoms with van der Waals surface area (Å²) in [5.41, 5.74) is 0. The Labute approximate surface area is 133 Å². The molecule has 1 heterocycles. The Morgan fingerprint density at radius 1 is 1.27 bits per heavy atom. The van der Waals surface area contributed by atoms with E-state index in [0.29, 0.717) is 44.6 Å². The van der Waals surface area contributed by atoms with E-state index < -0.39 is 0 Å². The SMILES string of the molecule is C[C@H]1C[C@H](N(C)CC(=O)N(CCC#N)CCC#N)CCN1C. The fourth-order valence-corrected chi connectivity index (χ4v) is 2.84. The second kappa shape index (κ2) is 9.40. The molecule has 1 fully saturated rings. The maximum Gasteiger partial charge on any atom is 0.236 e. The van der Waals surface area contributed by atoms with E-state index in [0.717, 1.165) is 19.4 Å². The number of carbonyl (C=O) groups excluding carboxylic acids is 1. The van der Waals surface area contributed by atoms with Crippen LogP contribution in [0.5, 0.6) is 0 Å². The molecule has 0 aromatic carbocycles. The number of nitriles is 2. The molecule has 1 aliphatic rings. The zero-order valence-electron chi connectivity index (χ0n) is 14.0. The number of hydrogen-bond acceptors (Lipinski definition) is 5. The fraction of sp³-hybridized carbons (Fsp3) is 0.812. The Hall–Kier alpha value is -1.63. The van der Waals surface area contributed by atoms with Crippen molar-refractivity contribution in [3.63, 3.8) is 0 Å². The molecule has 0 radical (unpaired) electrons. The molecule has 1 rings (SSSR count). The van der Waals surface area contributed by atoms with Gasteiger partial charge in [-0.3, -0.25) is 9.69 Å². The molecule has 1 saturated heterocycles. The molecule has 6 heteroatoms. The van der Waals surface area contributed by atoms with Crippen molar-refractivity contribution in [2.45, 2.75) is 44.7 Å². The molecule has 0 unspecified atom stereocenters. The third-order valence-electron chi connectivity index (χ3n) is 4.53. The number of carbonyl (C=O) groups is 1. The van der Waals surface area contributed by atoms with Gasteiger partial charge in [0, 0.05) is 25.2 Å². The van der Waals surface area contributed by atoms with Crippen molar-refractivity contribution in [2.24, 2.45) is 0 Å². The van der Waals surface area contributed by atoms with Gasteiger partial charge in [-0.05, 0) is 40.4 Å². The molecule has 0 saturated carbocycles. The van der Waals surface area contributed by atoms with Gasteiger partial charge in [0.15, 0.2) is 0 Å². The fourth-order valence-electron chi connectivity index (χ4n) is 2.84. The van der Waals surface area contributed by atoms with Crippen LogP contribution in [0, 0.1) is 22.7 Å². The lowest BCUT2D eigenvalue weighted by Crippen LogP contribution is -2.49. The van der Waals surface area contributed by atoms with E-state index in [4.69, 9.17) is 10.5 Å². The van der Waals surface area contributed by atoms with E-state index in [1.165, 1.54) is 0 Å². The van der Waals surface area contributed by atoms with Gasteiger partial charge in [-0.1, -0.05) is 0 Å². The van der Waals surface area contributed by atoms with Gasteiger partial charge < -0.3 is 9.80 Å². The highest BCUT2D eigenvalue weighted by Gasteiger charge is 2.27. The molecular formula is C16H27N5O. The van der Waals surface area contributed by atoms with Crippen molar-refractivity contribution < 1.29 is 4.79 Å². The molecule has 122 valence electrons. The summed E-state index contributed by atoms with van der Waals surface area (Å²) in [7, 11) is 4.13. The Kier molecular flexibility index (Phi) is 7.87. The first-order valence-electron chi connectivity index (χ1n) is 7.91. The predicted octanol–water partition coefficient (Wildman–Crippen LogP) is 1.06. The van der Waals surface area contributed by atoms with Crippen molar-refractivity contribution in [1.29, 1.82) is 10.5 Å². The van der Waals surface area contributed by atoms with E-state index >= 15 is 0 Å². The van der Waals surface area contributed by atoms with Crippen LogP contribution in [0.4, 0.5) is 0 Å². The second-order valence-corrected chi connectivity index (χ2v) is 6.12. The van der Waals surface area contributed by atoms with E-state index in [-0.39, 0.29) is 5.91 Å². The van der Waals surface area contributed by atoms with Crippen molar-refractivity contribution in [3.05, 3.63) is 0 Å². The van der Waals surface area contributed by atoms with Gasteiger partial charge in [0.25, 0.3) is 0 Å². The van der Waals surface area contributed by atoms with Crippen LogP contribution < -0.4 is 0 Å². The predicted molar refractivity (Wildman–Crippen MR) is 84.8 cm³/mol. The van der Waals surface area contributed by atoms with Gasteiger partial charge in [0.05, 0.1) is 31.5 Å². The van der Waals surface area contributed by atoms with Gasteiger partial charge in [0.1, 0.15) is 0 Å². The monoisotopic (exact) mass is 305 g/mol. The maximum atomic E-state index is 12.4. The number of likely N-dealkylation sites (N-methyl/N-ethyl adjacent to an activating group) is 1. The Morgan fingerprint density at radius 2 is 1.86 bits per heavy atom. The zero-order chi connectivity index (χ0) is 16.5. The van der Waals surface area contributed by atoms with Crippen LogP contribution in [0.2, 0.25) is 0 Å². The third kappa shape index (κ3) is 5.63. The van der Waals surface area contributed by atoms with Crippen LogP contribution in [0.25, 0.3) is 0 Å². The average molecular weight is 305 g/mol. The van der Waals surface area contributed by atoms with Gasteiger partial charge >= 0.3 is 0 Å². The van der Waals surface area contributed by atoms with E-state index in [9.17, 15) is 4.79 Å². The molecule has 0 bridgehead atoms. The van der Waals surface area contributed by atoms with Gasteiger partial charge in [-0.15, -0.1) is 0 Å². The van der Waals surface area contributed by atoms with Crippen molar-refractivity contribution in [1.82, 2.24) is 14.7 Å². The summed E-state index contributed by atoms with van der Waals surface area (Å²) in [5.74, 6) is 0.0135. The van der Waals surface area contributed by atoms with Crippen LogP contribution in [0.15, 0.2) is 0 Å². The molecule has 0 aromatic heterocycles. The molecule has 1 amide bonds. The number of hydrogen-bond donors (Lipinski definition) is 0. The smallest absolute Gasteiger partial charge is 0.236 e. The summed E-state index contributed by atoms with van der Waals surface area (Å²) >= 11 is 0. The summed E-state index contributed by atoms with van der Waals surface area (Å²) in [6.45, 7) is 4.45. The van der Waals surface area contributed by atoms with Gasteiger partial charge in [0.2, 0.25) is 5.91 Å². The van der Waals surface area contributed by atoms with Gasteiger partial charge in [-0.25, -0.2) is 0 Å². The van der Waals surface area contributed by atoms with E-state index in [1.54, 1.807) is 4.90 Å². The molecule has 2 atom stereocenters. The number of piperidine rings is 1. The number of amides is 1. The highest BCUT2D eigenvalue weighted by atomic mass is 16.2. The minimum Gasteiger partial charge on any atom is -0.340 e. The molecule has 22 heavy (non-hydrogen) atoms. The Morgan fingerprint density at radius 3 is 2.36 bits per heavy atom. The minimum absolute atomic E-state index is 0.0135. The van der Waals surface area contributed by atoms with E-state index in [1.807, 2.05) is 7.05 Å². The standard InChI is InChI=1S/C16H27N5O/c1-14-12-15(6-11-19(14)2)20(3)13-16(22)21(9-4-7-17)10-5-8-18/h14-15H,4-6,9-13H2,1-3H3/t14-,15+/m0/s1. The molecular weight excluding hydrogens is 278 g/mol. The Balaban J connectivity index is 2.52. The first-order chi connectivity index (χ1) is 10.5. The number of likely N-dealkylation sites (tertiary alicyclic amines) is 1. The lowest BCUT2D eigenvalue weighted by molar-refractivity contribution is -0.132. The second-order valence-electron chi connectivity index (χ2n) is 6.12. The third-order valence-corrected chi connectivity index (χ3v) is 4.53. The van der Waals surface area contributed by atoms with Crippen LogP contribution >= 0.6 is 0 Å². The molecule has 0 N–H and O–H groups in total. The summed E-state index contributed by atoms with van der Waals surface area (Å²) < 4.78 is 0. The van der Waals surface area contributed by atoms with Crippen LogP contribution in [0.1, 0.15) is 32.6 Å². The lowest BCUT2D eigenvalue weighted by atomic mass is 9.98. The molecule has 6 nitrogen and oxygen atoms in total. The summed E-state index contributed by atoms with van der Waals surface area (Å²) in [6.07, 6.45) is 2.76. The van der Waals surface area contributed by atoms with Crippen LogP contribution in [-0.4, -0.2) is 73.0 Å². The number of nitrogens with zero attached hydrogens (tertiary/aromatic N) is 5. The first-order valence-corrected chi connectivity index (χ1v) is 7.91. The van der Waals surface area contributed by atoms with Crippen molar-refractivity contribution in [3.8, 4) is 12.1 Å². The summed E-state index contributed by atoms with van der Waals surface area (Å²) in [4.78, 5) is 18.5. The first kappa shape index (κ1) is 18.4. The van der Waals surface area contributed by atoms with Crippen molar-refractivity contribution in [2.75, 3.05) is 40.3 Å². The summed E-state index contributed by atoms with van der Waals surface area (Å²) in [6, 6.07) is 5.07. The van der Waals surface area contributed by atoms with Crippen LogP contribution in [0.3, 0.4) is 0 Å². The molecule has 1 aliphatic heterocycles. The summed E-state index contributed by atoms with van der Waals surface area (Å²) in [5, 5.41) is 17.4. The highest BCUT2D eigenvalue weighted by Crippen LogP contribution is 2.19. The van der Waals surface area contributed by atoms with Gasteiger partial charge in [-0.2, -0.15) is 10.5 Å². The minimum atomic E-state index is 0.0135. The molecule has 0 spiro atoms. The zero-order valence-corrected chi connectivity index (χ0v) is 14.0. The topological polar surface area (TPSA) is 74.4 Å². The number of rotatable bonds is 7. The largest absolute Gasteiger partial charge is 0.340 e.